The van der Waals surface area contributed by atoms with Gasteiger partial charge in [-0.2, -0.15) is 0 Å². The van der Waals surface area contributed by atoms with Crippen LogP contribution in [0.5, 0.6) is 0 Å². The maximum Gasteiger partial charge on any atom is 0.124 e. The van der Waals surface area contributed by atoms with Gasteiger partial charge in [-0.3, -0.25) is 4.90 Å². The molecule has 0 spiro atoms. The standard InChI is InChI=1S/C16H24ClFN2O/c1-16(2,20-6-8-21-9-7-20)15(19-3)10-12-4-5-13(18)11-14(12)17/h4-5,11,15,19H,6-10H2,1-3H3. The van der Waals surface area contributed by atoms with Crippen molar-refractivity contribution in [2.75, 3.05) is 33.4 Å². The molecule has 0 amide bonds. The summed E-state index contributed by atoms with van der Waals surface area (Å²) in [6.45, 7) is 7.88. The Hall–Kier alpha value is -0.680. The van der Waals surface area contributed by atoms with Crippen LogP contribution < -0.4 is 5.32 Å². The van der Waals surface area contributed by atoms with Gasteiger partial charge in [0.05, 0.1) is 13.2 Å². The molecule has 0 aromatic heterocycles. The zero-order valence-corrected chi connectivity index (χ0v) is 13.7. The number of morpholine rings is 1. The summed E-state index contributed by atoms with van der Waals surface area (Å²) >= 11 is 6.17. The number of hydrogen-bond donors (Lipinski definition) is 1. The Morgan fingerprint density at radius 2 is 2.05 bits per heavy atom. The second kappa shape index (κ2) is 7.05. The topological polar surface area (TPSA) is 24.5 Å². The van der Waals surface area contributed by atoms with Crippen LogP contribution in [-0.4, -0.2) is 49.8 Å². The monoisotopic (exact) mass is 314 g/mol. The van der Waals surface area contributed by atoms with Crippen molar-refractivity contribution in [3.8, 4) is 0 Å². The molecule has 0 bridgehead atoms. The number of ether oxygens (including phenoxy) is 1. The minimum absolute atomic E-state index is 0.0315. The molecule has 1 fully saturated rings. The molecule has 1 aromatic carbocycles. The second-order valence-electron chi connectivity index (χ2n) is 6.03. The first-order valence-electron chi connectivity index (χ1n) is 7.39. The largest absolute Gasteiger partial charge is 0.379 e. The first kappa shape index (κ1) is 16.7. The Bertz CT molecular complexity index is 475. The van der Waals surface area contributed by atoms with Gasteiger partial charge in [0.25, 0.3) is 0 Å². The number of hydrogen-bond acceptors (Lipinski definition) is 3. The number of rotatable bonds is 5. The lowest BCUT2D eigenvalue weighted by Crippen LogP contribution is -2.60. The van der Waals surface area contributed by atoms with E-state index in [0.717, 1.165) is 38.3 Å². The zero-order chi connectivity index (χ0) is 15.5. The lowest BCUT2D eigenvalue weighted by molar-refractivity contribution is -0.0223. The van der Waals surface area contributed by atoms with Gasteiger partial charge in [0.2, 0.25) is 0 Å². The van der Waals surface area contributed by atoms with Gasteiger partial charge in [-0.15, -0.1) is 0 Å². The second-order valence-corrected chi connectivity index (χ2v) is 6.44. The number of halogens is 2. The zero-order valence-electron chi connectivity index (χ0n) is 13.0. The fourth-order valence-electron chi connectivity index (χ4n) is 2.97. The molecule has 0 aliphatic carbocycles. The van der Waals surface area contributed by atoms with Crippen molar-refractivity contribution in [3.63, 3.8) is 0 Å². The normalized spacial score (nSPS) is 18.7. The fraction of sp³-hybridized carbons (Fsp3) is 0.625. The Morgan fingerprint density at radius 1 is 1.38 bits per heavy atom. The predicted molar refractivity (Wildman–Crippen MR) is 84.4 cm³/mol. The summed E-state index contributed by atoms with van der Waals surface area (Å²) in [6.07, 6.45) is 0.764. The molecular weight excluding hydrogens is 291 g/mol. The first-order chi connectivity index (χ1) is 9.95. The molecule has 118 valence electrons. The van der Waals surface area contributed by atoms with Gasteiger partial charge >= 0.3 is 0 Å². The number of nitrogens with one attached hydrogen (secondary N) is 1. The van der Waals surface area contributed by atoms with E-state index in [0.29, 0.717) is 5.02 Å². The molecule has 2 rings (SSSR count). The molecule has 3 nitrogen and oxygen atoms in total. The minimum Gasteiger partial charge on any atom is -0.379 e. The SMILES string of the molecule is CNC(Cc1ccc(F)cc1Cl)C(C)(C)N1CCOCC1. The Kier molecular flexibility index (Phi) is 5.60. The van der Waals surface area contributed by atoms with Crippen LogP contribution in [0.15, 0.2) is 18.2 Å². The van der Waals surface area contributed by atoms with Gasteiger partial charge in [0.1, 0.15) is 5.82 Å². The van der Waals surface area contributed by atoms with Gasteiger partial charge in [-0.25, -0.2) is 4.39 Å². The average molecular weight is 315 g/mol. The van der Waals surface area contributed by atoms with E-state index >= 15 is 0 Å². The highest BCUT2D eigenvalue weighted by Gasteiger charge is 2.35. The van der Waals surface area contributed by atoms with Crippen LogP contribution >= 0.6 is 11.6 Å². The van der Waals surface area contributed by atoms with Gasteiger partial charge in [-0.05, 0) is 45.0 Å². The highest BCUT2D eigenvalue weighted by molar-refractivity contribution is 6.31. The van der Waals surface area contributed by atoms with Crippen LogP contribution in [-0.2, 0) is 11.2 Å². The smallest absolute Gasteiger partial charge is 0.124 e. The number of benzene rings is 1. The van der Waals surface area contributed by atoms with Gasteiger partial charge in [-0.1, -0.05) is 17.7 Å². The maximum atomic E-state index is 13.2. The molecule has 1 heterocycles. The fourth-order valence-corrected chi connectivity index (χ4v) is 3.22. The molecule has 1 aliphatic rings. The molecule has 21 heavy (non-hydrogen) atoms. The van der Waals surface area contributed by atoms with E-state index in [4.69, 9.17) is 16.3 Å². The third-order valence-electron chi connectivity index (χ3n) is 4.47. The lowest BCUT2D eigenvalue weighted by Gasteiger charge is -2.46. The van der Waals surface area contributed by atoms with E-state index < -0.39 is 0 Å². The van der Waals surface area contributed by atoms with Crippen LogP contribution in [0.1, 0.15) is 19.4 Å². The summed E-state index contributed by atoms with van der Waals surface area (Å²) in [7, 11) is 1.96. The number of nitrogens with zero attached hydrogens (tertiary/aromatic N) is 1. The Labute approximate surface area is 131 Å². The minimum atomic E-state index is -0.294. The van der Waals surface area contributed by atoms with E-state index in [9.17, 15) is 4.39 Å². The highest BCUT2D eigenvalue weighted by atomic mass is 35.5. The Morgan fingerprint density at radius 3 is 2.62 bits per heavy atom. The van der Waals surface area contributed by atoms with Crippen molar-refractivity contribution in [3.05, 3.63) is 34.6 Å². The summed E-state index contributed by atoms with van der Waals surface area (Å²) in [5.41, 5.74) is 0.940. The van der Waals surface area contributed by atoms with Gasteiger partial charge in [0.15, 0.2) is 0 Å². The first-order valence-corrected chi connectivity index (χ1v) is 7.77. The average Bonchev–Trinajstić information content (AvgIpc) is 2.47. The van der Waals surface area contributed by atoms with Crippen molar-refractivity contribution in [2.24, 2.45) is 0 Å². The van der Waals surface area contributed by atoms with Crippen molar-refractivity contribution in [2.45, 2.75) is 31.8 Å². The molecule has 0 radical (unpaired) electrons. The third-order valence-corrected chi connectivity index (χ3v) is 4.82. The Balaban J connectivity index is 2.14. The predicted octanol–water partition coefficient (Wildman–Crippen LogP) is 2.72. The van der Waals surface area contributed by atoms with Crippen molar-refractivity contribution >= 4 is 11.6 Å². The molecule has 5 heteroatoms. The van der Waals surface area contributed by atoms with Crippen LogP contribution in [0.25, 0.3) is 0 Å². The molecule has 1 saturated heterocycles. The van der Waals surface area contributed by atoms with E-state index in [2.05, 4.69) is 24.1 Å². The van der Waals surface area contributed by atoms with Crippen molar-refractivity contribution in [1.82, 2.24) is 10.2 Å². The summed E-state index contributed by atoms with van der Waals surface area (Å²) in [4.78, 5) is 2.44. The molecule has 0 saturated carbocycles. The van der Waals surface area contributed by atoms with E-state index in [1.807, 2.05) is 7.05 Å². The summed E-state index contributed by atoms with van der Waals surface area (Å²) < 4.78 is 18.6. The molecule has 1 N–H and O–H groups in total. The van der Waals surface area contributed by atoms with Crippen LogP contribution in [0.2, 0.25) is 5.02 Å². The lowest BCUT2D eigenvalue weighted by atomic mass is 9.87. The van der Waals surface area contributed by atoms with E-state index in [1.165, 1.54) is 12.1 Å². The summed E-state index contributed by atoms with van der Waals surface area (Å²) in [6, 6.07) is 4.84. The highest BCUT2D eigenvalue weighted by Crippen LogP contribution is 2.26. The maximum absolute atomic E-state index is 13.2. The van der Waals surface area contributed by atoms with Crippen molar-refractivity contribution in [1.29, 1.82) is 0 Å². The third kappa shape index (κ3) is 3.95. The van der Waals surface area contributed by atoms with Gasteiger partial charge < -0.3 is 10.1 Å². The molecule has 1 atom stereocenters. The van der Waals surface area contributed by atoms with Gasteiger partial charge in [0, 0.05) is 29.7 Å². The molecule has 1 aliphatic heterocycles. The van der Waals surface area contributed by atoms with E-state index in [-0.39, 0.29) is 17.4 Å². The number of likely N-dealkylation sites (N-methyl/N-ethyl adjacent to an activating group) is 1. The molecule has 1 aromatic rings. The quantitative estimate of drug-likeness (QED) is 0.904. The molecular formula is C16H24ClFN2O. The van der Waals surface area contributed by atoms with Crippen LogP contribution in [0, 0.1) is 5.82 Å². The van der Waals surface area contributed by atoms with E-state index in [1.54, 1.807) is 6.07 Å². The molecule has 1 unspecified atom stereocenters. The van der Waals surface area contributed by atoms with Crippen LogP contribution in [0.3, 0.4) is 0 Å². The summed E-state index contributed by atoms with van der Waals surface area (Å²) in [5.74, 6) is -0.294. The summed E-state index contributed by atoms with van der Waals surface area (Å²) in [5, 5.41) is 3.89. The van der Waals surface area contributed by atoms with Crippen molar-refractivity contribution < 1.29 is 9.13 Å². The van der Waals surface area contributed by atoms with Crippen LogP contribution in [0.4, 0.5) is 4.39 Å².